The first-order valence-electron chi connectivity index (χ1n) is 8.93. The number of amides is 1. The van der Waals surface area contributed by atoms with Crippen molar-refractivity contribution in [1.29, 1.82) is 0 Å². The second-order valence-corrected chi connectivity index (χ2v) is 6.65. The first kappa shape index (κ1) is 19.5. The highest BCUT2D eigenvalue weighted by Crippen LogP contribution is 2.22. The lowest BCUT2D eigenvalue weighted by molar-refractivity contribution is -0.384. The summed E-state index contributed by atoms with van der Waals surface area (Å²) >= 11 is 0. The molecular weight excluding hydrogens is 362 g/mol. The van der Waals surface area contributed by atoms with Crippen molar-refractivity contribution in [2.45, 2.75) is 25.9 Å². The summed E-state index contributed by atoms with van der Waals surface area (Å²) in [6, 6.07) is 13.3. The third kappa shape index (κ3) is 4.72. The molecule has 2 aromatic carbocycles. The zero-order chi connectivity index (χ0) is 20.1. The van der Waals surface area contributed by atoms with Crippen molar-refractivity contribution < 1.29 is 19.2 Å². The van der Waals surface area contributed by atoms with E-state index < -0.39 is 16.9 Å². The summed E-state index contributed by atoms with van der Waals surface area (Å²) in [6.07, 6.45) is -0.0535. The summed E-state index contributed by atoms with van der Waals surface area (Å²) in [7, 11) is 0. The molecule has 0 spiro atoms. The van der Waals surface area contributed by atoms with E-state index in [0.717, 1.165) is 5.56 Å². The van der Waals surface area contributed by atoms with Crippen molar-refractivity contribution in [3.05, 3.63) is 69.8 Å². The van der Waals surface area contributed by atoms with Crippen molar-refractivity contribution in [3.63, 3.8) is 0 Å². The van der Waals surface area contributed by atoms with Gasteiger partial charge in [-0.3, -0.25) is 24.6 Å². The SMILES string of the molecule is Cc1cc([N+](=O)[O-])ccc1NC(=O)CC1C(=O)OCCN1Cc1ccccc1. The van der Waals surface area contributed by atoms with Crippen molar-refractivity contribution in [1.82, 2.24) is 4.90 Å². The predicted molar refractivity (Wildman–Crippen MR) is 103 cm³/mol. The molecule has 1 fully saturated rings. The third-order valence-corrected chi connectivity index (χ3v) is 4.64. The minimum atomic E-state index is -0.674. The molecule has 1 amide bonds. The summed E-state index contributed by atoms with van der Waals surface area (Å²) < 4.78 is 5.14. The molecule has 3 rings (SSSR count). The van der Waals surface area contributed by atoms with Gasteiger partial charge in [-0.05, 0) is 24.1 Å². The van der Waals surface area contributed by atoms with E-state index >= 15 is 0 Å². The lowest BCUT2D eigenvalue weighted by atomic mass is 10.1. The van der Waals surface area contributed by atoms with Crippen LogP contribution in [0.2, 0.25) is 0 Å². The number of esters is 1. The average molecular weight is 383 g/mol. The van der Waals surface area contributed by atoms with Crippen LogP contribution in [-0.2, 0) is 20.9 Å². The van der Waals surface area contributed by atoms with E-state index in [2.05, 4.69) is 5.32 Å². The Morgan fingerprint density at radius 1 is 1.29 bits per heavy atom. The van der Waals surface area contributed by atoms with Gasteiger partial charge in [0.05, 0.1) is 11.3 Å². The largest absolute Gasteiger partial charge is 0.463 e. The van der Waals surface area contributed by atoms with Gasteiger partial charge in [0.1, 0.15) is 12.6 Å². The molecule has 1 atom stereocenters. The highest BCUT2D eigenvalue weighted by atomic mass is 16.6. The van der Waals surface area contributed by atoms with Gasteiger partial charge in [0.25, 0.3) is 5.69 Å². The Balaban J connectivity index is 1.68. The normalized spacial score (nSPS) is 17.0. The quantitative estimate of drug-likeness (QED) is 0.467. The van der Waals surface area contributed by atoms with Gasteiger partial charge in [-0.1, -0.05) is 30.3 Å². The van der Waals surface area contributed by atoms with Crippen LogP contribution in [0, 0.1) is 17.0 Å². The number of anilines is 1. The fourth-order valence-electron chi connectivity index (χ4n) is 3.16. The zero-order valence-corrected chi connectivity index (χ0v) is 15.5. The number of nitro benzene ring substituents is 1. The van der Waals surface area contributed by atoms with Crippen LogP contribution in [0.4, 0.5) is 11.4 Å². The molecule has 0 radical (unpaired) electrons. The maximum Gasteiger partial charge on any atom is 0.323 e. The van der Waals surface area contributed by atoms with Gasteiger partial charge in [0, 0.05) is 30.9 Å². The van der Waals surface area contributed by atoms with Crippen molar-refractivity contribution >= 4 is 23.3 Å². The van der Waals surface area contributed by atoms with Gasteiger partial charge in [-0.25, -0.2) is 0 Å². The molecule has 2 aromatic rings. The molecule has 0 aromatic heterocycles. The molecule has 1 heterocycles. The van der Waals surface area contributed by atoms with Crippen LogP contribution in [0.5, 0.6) is 0 Å². The minimum absolute atomic E-state index is 0.0413. The molecular formula is C20H21N3O5. The molecule has 0 bridgehead atoms. The average Bonchev–Trinajstić information content (AvgIpc) is 2.67. The molecule has 1 unspecified atom stereocenters. The Morgan fingerprint density at radius 3 is 2.71 bits per heavy atom. The third-order valence-electron chi connectivity index (χ3n) is 4.64. The van der Waals surface area contributed by atoms with E-state index in [1.165, 1.54) is 18.2 Å². The van der Waals surface area contributed by atoms with Crippen molar-refractivity contribution in [2.75, 3.05) is 18.5 Å². The molecule has 1 aliphatic heterocycles. The smallest absolute Gasteiger partial charge is 0.323 e. The van der Waals surface area contributed by atoms with Gasteiger partial charge >= 0.3 is 5.97 Å². The number of nitro groups is 1. The number of benzene rings is 2. The number of cyclic esters (lactones) is 1. The van der Waals surface area contributed by atoms with Gasteiger partial charge in [0.15, 0.2) is 0 Å². The van der Waals surface area contributed by atoms with E-state index in [1.54, 1.807) is 6.92 Å². The van der Waals surface area contributed by atoms with Crippen LogP contribution in [-0.4, -0.2) is 40.9 Å². The van der Waals surface area contributed by atoms with E-state index in [-0.39, 0.29) is 18.0 Å². The van der Waals surface area contributed by atoms with Crippen molar-refractivity contribution in [2.24, 2.45) is 0 Å². The Labute approximate surface area is 162 Å². The summed E-state index contributed by atoms with van der Waals surface area (Å²) in [5.41, 5.74) is 2.07. The number of rotatable bonds is 6. The Hall–Kier alpha value is -3.26. The van der Waals surface area contributed by atoms with Crippen LogP contribution in [0.15, 0.2) is 48.5 Å². The Kier molecular flexibility index (Phi) is 6.00. The summed E-state index contributed by atoms with van der Waals surface area (Å²) in [5, 5.41) is 13.6. The van der Waals surface area contributed by atoms with E-state index in [9.17, 15) is 19.7 Å². The monoisotopic (exact) mass is 383 g/mol. The lowest BCUT2D eigenvalue weighted by Gasteiger charge is -2.33. The van der Waals surface area contributed by atoms with Crippen LogP contribution < -0.4 is 5.32 Å². The topological polar surface area (TPSA) is 102 Å². The van der Waals surface area contributed by atoms with Crippen molar-refractivity contribution in [3.8, 4) is 0 Å². The molecule has 8 heteroatoms. The summed E-state index contributed by atoms with van der Waals surface area (Å²) in [5.74, 6) is -0.767. The van der Waals surface area contributed by atoms with Gasteiger partial charge in [-0.2, -0.15) is 0 Å². The number of hydrogen-bond acceptors (Lipinski definition) is 6. The van der Waals surface area contributed by atoms with E-state index in [0.29, 0.717) is 30.9 Å². The number of aryl methyl sites for hydroxylation is 1. The minimum Gasteiger partial charge on any atom is -0.463 e. The number of ether oxygens (including phenoxy) is 1. The summed E-state index contributed by atoms with van der Waals surface area (Å²) in [6.45, 7) is 3.07. The number of nitrogens with zero attached hydrogens (tertiary/aromatic N) is 2. The van der Waals surface area contributed by atoms with Gasteiger partial charge in [-0.15, -0.1) is 0 Å². The molecule has 1 aliphatic rings. The Bertz CT molecular complexity index is 885. The molecule has 0 aliphatic carbocycles. The van der Waals surface area contributed by atoms with E-state index in [1.807, 2.05) is 35.2 Å². The first-order valence-corrected chi connectivity index (χ1v) is 8.93. The molecule has 1 N–H and O–H groups in total. The maximum absolute atomic E-state index is 12.5. The molecule has 1 saturated heterocycles. The number of hydrogen-bond donors (Lipinski definition) is 1. The standard InChI is InChI=1S/C20H21N3O5/c1-14-11-16(23(26)27)7-8-17(14)21-19(24)12-18-20(25)28-10-9-22(18)13-15-5-3-2-4-6-15/h2-8,11,18H,9-10,12-13H2,1H3,(H,21,24). The summed E-state index contributed by atoms with van der Waals surface area (Å²) in [4.78, 5) is 37.0. The van der Waals surface area contributed by atoms with Gasteiger partial charge < -0.3 is 10.1 Å². The molecule has 146 valence electrons. The molecule has 28 heavy (non-hydrogen) atoms. The predicted octanol–water partition coefficient (Wildman–Crippen LogP) is 2.66. The highest BCUT2D eigenvalue weighted by molar-refractivity contribution is 5.95. The number of carbonyl (C=O) groups excluding carboxylic acids is 2. The van der Waals surface area contributed by atoms with Gasteiger partial charge in [0.2, 0.25) is 5.91 Å². The highest BCUT2D eigenvalue weighted by Gasteiger charge is 2.33. The van der Waals surface area contributed by atoms with Crippen LogP contribution in [0.1, 0.15) is 17.5 Å². The second kappa shape index (κ2) is 8.62. The first-order chi connectivity index (χ1) is 13.4. The second-order valence-electron chi connectivity index (χ2n) is 6.65. The number of carbonyl (C=O) groups is 2. The van der Waals surface area contributed by atoms with Crippen LogP contribution in [0.25, 0.3) is 0 Å². The van der Waals surface area contributed by atoms with E-state index in [4.69, 9.17) is 4.74 Å². The van der Waals surface area contributed by atoms with Crippen LogP contribution >= 0.6 is 0 Å². The molecule has 8 nitrogen and oxygen atoms in total. The fraction of sp³-hybridized carbons (Fsp3) is 0.300. The number of nitrogens with one attached hydrogen (secondary N) is 1. The fourth-order valence-corrected chi connectivity index (χ4v) is 3.16. The number of morpholine rings is 1. The Morgan fingerprint density at radius 2 is 2.04 bits per heavy atom. The zero-order valence-electron chi connectivity index (χ0n) is 15.5. The van der Waals surface area contributed by atoms with Crippen LogP contribution in [0.3, 0.4) is 0 Å². The molecule has 0 saturated carbocycles. The lowest BCUT2D eigenvalue weighted by Crippen LogP contribution is -2.49. The number of non-ortho nitro benzene ring substituents is 1. The maximum atomic E-state index is 12.5.